The summed E-state index contributed by atoms with van der Waals surface area (Å²) in [6.07, 6.45) is 4.55. The van der Waals surface area contributed by atoms with Gasteiger partial charge in [-0.2, -0.15) is 5.21 Å². The van der Waals surface area contributed by atoms with E-state index in [1.165, 1.54) is 5.56 Å². The first-order chi connectivity index (χ1) is 18.5. The third-order valence-corrected chi connectivity index (χ3v) is 6.66. The zero-order valence-corrected chi connectivity index (χ0v) is 21.8. The second-order valence-corrected chi connectivity index (χ2v) is 9.50. The maximum atomic E-state index is 4.85. The average molecular weight is 502 g/mol. The predicted molar refractivity (Wildman–Crippen MR) is 146 cm³/mol. The van der Waals surface area contributed by atoms with Crippen LogP contribution in [0.1, 0.15) is 35.1 Å². The summed E-state index contributed by atoms with van der Waals surface area (Å²) in [4.78, 5) is 19.2. The van der Waals surface area contributed by atoms with Crippen LogP contribution in [0.5, 0.6) is 0 Å². The molecular formula is C29H27N9. The van der Waals surface area contributed by atoms with Gasteiger partial charge in [0.05, 0.1) is 6.54 Å². The van der Waals surface area contributed by atoms with Crippen LogP contribution in [0.25, 0.3) is 45.1 Å². The lowest BCUT2D eigenvalue weighted by atomic mass is 9.97. The van der Waals surface area contributed by atoms with Crippen molar-refractivity contribution in [2.45, 2.75) is 40.7 Å². The number of nitrogens with zero attached hydrogens (tertiary/aromatic N) is 8. The van der Waals surface area contributed by atoms with Gasteiger partial charge in [0.25, 0.3) is 0 Å². The number of aromatic amines is 1. The van der Waals surface area contributed by atoms with Gasteiger partial charge in [0.1, 0.15) is 11.3 Å². The van der Waals surface area contributed by atoms with Gasteiger partial charge in [0.15, 0.2) is 11.5 Å². The van der Waals surface area contributed by atoms with Crippen molar-refractivity contribution < 1.29 is 0 Å². The number of pyridine rings is 1. The molecule has 6 aromatic rings. The van der Waals surface area contributed by atoms with Gasteiger partial charge in [0.2, 0.25) is 5.82 Å². The molecule has 4 aromatic heterocycles. The molecule has 38 heavy (non-hydrogen) atoms. The first-order valence-electron chi connectivity index (χ1n) is 12.6. The van der Waals surface area contributed by atoms with E-state index in [2.05, 4.69) is 88.4 Å². The molecule has 0 aliphatic rings. The lowest BCUT2D eigenvalue weighted by Gasteiger charge is -2.11. The van der Waals surface area contributed by atoms with Crippen LogP contribution in [0.15, 0.2) is 60.9 Å². The number of H-pyrrole nitrogens is 1. The van der Waals surface area contributed by atoms with Gasteiger partial charge >= 0.3 is 0 Å². The standard InChI is InChI=1S/C29H27N9/c1-5-25-33-26-18(3)12-19(4)32-29(26)38(25)16-20-14-30-27(31-15-20)24-13-22(21-8-6-7-17(2)11-21)9-10-23(24)28-34-36-37-35-28/h6-15H,5,16H2,1-4H3,(H,34,35,36,37). The van der Waals surface area contributed by atoms with Gasteiger partial charge in [-0.15, -0.1) is 10.2 Å². The summed E-state index contributed by atoms with van der Waals surface area (Å²) >= 11 is 0. The van der Waals surface area contributed by atoms with Crippen LogP contribution in [0.3, 0.4) is 0 Å². The van der Waals surface area contributed by atoms with Gasteiger partial charge in [0, 0.05) is 41.2 Å². The van der Waals surface area contributed by atoms with Crippen molar-refractivity contribution in [1.29, 1.82) is 0 Å². The van der Waals surface area contributed by atoms with Crippen molar-refractivity contribution in [3.05, 3.63) is 89.1 Å². The zero-order chi connectivity index (χ0) is 26.2. The lowest BCUT2D eigenvalue weighted by Crippen LogP contribution is -2.07. The van der Waals surface area contributed by atoms with E-state index in [1.807, 2.05) is 25.4 Å². The topological polar surface area (TPSA) is 111 Å². The number of tetrazole rings is 1. The fraction of sp³-hybridized carbons (Fsp3) is 0.207. The van der Waals surface area contributed by atoms with Crippen LogP contribution in [0.2, 0.25) is 0 Å². The quantitative estimate of drug-likeness (QED) is 0.331. The highest BCUT2D eigenvalue weighted by Gasteiger charge is 2.17. The van der Waals surface area contributed by atoms with Crippen molar-refractivity contribution in [3.63, 3.8) is 0 Å². The van der Waals surface area contributed by atoms with E-state index >= 15 is 0 Å². The van der Waals surface area contributed by atoms with Crippen LogP contribution in [-0.2, 0) is 13.0 Å². The number of aromatic nitrogens is 9. The highest BCUT2D eigenvalue weighted by molar-refractivity contribution is 5.82. The molecule has 0 saturated heterocycles. The third kappa shape index (κ3) is 4.32. The number of imidazole rings is 1. The Balaban J connectivity index is 1.40. The number of fused-ring (bicyclic) bond motifs is 1. The summed E-state index contributed by atoms with van der Waals surface area (Å²) in [6.45, 7) is 8.89. The molecule has 9 nitrogen and oxygen atoms in total. The minimum absolute atomic E-state index is 0.498. The molecule has 9 heteroatoms. The summed E-state index contributed by atoms with van der Waals surface area (Å²) in [5.74, 6) is 2.09. The van der Waals surface area contributed by atoms with E-state index in [4.69, 9.17) is 19.9 Å². The Morgan fingerprint density at radius 2 is 1.66 bits per heavy atom. The van der Waals surface area contributed by atoms with Crippen LogP contribution >= 0.6 is 0 Å². The summed E-state index contributed by atoms with van der Waals surface area (Å²) in [6, 6.07) is 16.6. The Labute approximate surface area is 220 Å². The third-order valence-electron chi connectivity index (χ3n) is 6.66. The van der Waals surface area contributed by atoms with E-state index in [0.717, 1.165) is 62.5 Å². The zero-order valence-electron chi connectivity index (χ0n) is 21.8. The Bertz CT molecular complexity index is 1750. The molecule has 2 aromatic carbocycles. The molecule has 0 aliphatic heterocycles. The molecule has 0 amide bonds. The lowest BCUT2D eigenvalue weighted by molar-refractivity contribution is 0.740. The molecular weight excluding hydrogens is 474 g/mol. The van der Waals surface area contributed by atoms with Gasteiger partial charge in [-0.1, -0.05) is 42.8 Å². The number of aryl methyl sites for hydroxylation is 4. The SMILES string of the molecule is CCc1nc2c(C)cc(C)nc2n1Cc1cnc(-c2cc(-c3cccc(C)c3)ccc2-c2nn[nH]n2)nc1. The average Bonchev–Trinajstić information content (AvgIpc) is 3.58. The van der Waals surface area contributed by atoms with E-state index < -0.39 is 0 Å². The van der Waals surface area contributed by atoms with Crippen LogP contribution in [0.4, 0.5) is 0 Å². The van der Waals surface area contributed by atoms with Gasteiger partial charge < -0.3 is 4.57 Å². The molecule has 4 heterocycles. The number of benzene rings is 2. The van der Waals surface area contributed by atoms with Crippen molar-refractivity contribution >= 4 is 11.2 Å². The molecule has 0 spiro atoms. The van der Waals surface area contributed by atoms with Crippen molar-refractivity contribution in [2.24, 2.45) is 0 Å². The first-order valence-corrected chi connectivity index (χ1v) is 12.6. The smallest absolute Gasteiger partial charge is 0.205 e. The second kappa shape index (κ2) is 9.59. The number of hydrogen-bond donors (Lipinski definition) is 1. The van der Waals surface area contributed by atoms with E-state index in [-0.39, 0.29) is 0 Å². The van der Waals surface area contributed by atoms with Crippen molar-refractivity contribution in [1.82, 2.24) is 45.1 Å². The molecule has 0 fully saturated rings. The Morgan fingerprint density at radius 1 is 0.842 bits per heavy atom. The molecule has 188 valence electrons. The minimum atomic E-state index is 0.498. The maximum absolute atomic E-state index is 4.85. The van der Waals surface area contributed by atoms with Gasteiger partial charge in [-0.25, -0.2) is 19.9 Å². The van der Waals surface area contributed by atoms with Crippen molar-refractivity contribution in [3.8, 4) is 33.9 Å². The number of hydrogen-bond acceptors (Lipinski definition) is 7. The summed E-state index contributed by atoms with van der Waals surface area (Å²) in [5.41, 5.74) is 9.97. The fourth-order valence-electron chi connectivity index (χ4n) is 4.85. The Hall–Kier alpha value is -4.79. The molecule has 0 atom stereocenters. The van der Waals surface area contributed by atoms with E-state index in [1.54, 1.807) is 0 Å². The predicted octanol–water partition coefficient (Wildman–Crippen LogP) is 5.27. The molecule has 0 radical (unpaired) electrons. The molecule has 0 unspecified atom stereocenters. The highest BCUT2D eigenvalue weighted by atomic mass is 15.5. The second-order valence-electron chi connectivity index (χ2n) is 9.50. The summed E-state index contributed by atoms with van der Waals surface area (Å²) < 4.78 is 2.16. The molecule has 1 N–H and O–H groups in total. The summed E-state index contributed by atoms with van der Waals surface area (Å²) in [7, 11) is 0. The maximum Gasteiger partial charge on any atom is 0.205 e. The molecule has 0 saturated carbocycles. The van der Waals surface area contributed by atoms with Crippen LogP contribution < -0.4 is 0 Å². The van der Waals surface area contributed by atoms with Gasteiger partial charge in [-0.05, 0) is 60.9 Å². The van der Waals surface area contributed by atoms with Crippen LogP contribution in [0, 0.1) is 20.8 Å². The molecule has 0 aliphatic carbocycles. The van der Waals surface area contributed by atoms with E-state index in [9.17, 15) is 0 Å². The van der Waals surface area contributed by atoms with Crippen molar-refractivity contribution in [2.75, 3.05) is 0 Å². The fourth-order valence-corrected chi connectivity index (χ4v) is 4.85. The summed E-state index contributed by atoms with van der Waals surface area (Å²) in [5, 5.41) is 14.7. The number of nitrogens with one attached hydrogen (secondary N) is 1. The largest absolute Gasteiger partial charge is 0.308 e. The highest BCUT2D eigenvalue weighted by Crippen LogP contribution is 2.33. The number of rotatable bonds is 6. The van der Waals surface area contributed by atoms with E-state index in [0.29, 0.717) is 18.2 Å². The molecule has 0 bridgehead atoms. The van der Waals surface area contributed by atoms with Gasteiger partial charge in [-0.3, -0.25) is 0 Å². The monoisotopic (exact) mass is 501 g/mol. The first kappa shape index (κ1) is 23.6. The van der Waals surface area contributed by atoms with Crippen LogP contribution in [-0.4, -0.2) is 45.1 Å². The molecule has 6 rings (SSSR count). The Kier molecular flexibility index (Phi) is 5.95. The minimum Gasteiger partial charge on any atom is -0.308 e. The normalized spacial score (nSPS) is 11.4. The Morgan fingerprint density at radius 3 is 2.39 bits per heavy atom.